The first-order chi connectivity index (χ1) is 13.4. The summed E-state index contributed by atoms with van der Waals surface area (Å²) >= 11 is 15.8. The summed E-state index contributed by atoms with van der Waals surface area (Å²) in [6, 6.07) is 16.1. The van der Waals surface area contributed by atoms with Gasteiger partial charge in [-0.3, -0.25) is 4.79 Å². The summed E-state index contributed by atoms with van der Waals surface area (Å²) < 4.78 is 6.61. The van der Waals surface area contributed by atoms with E-state index in [2.05, 4.69) is 26.2 Å². The summed E-state index contributed by atoms with van der Waals surface area (Å²) in [5.41, 5.74) is 4.05. The molecule has 7 heteroatoms. The molecule has 0 saturated carbocycles. The number of aromatic nitrogens is 1. The maximum absolute atomic E-state index is 12.7. The molecule has 0 aliphatic heterocycles. The monoisotopic (exact) mass is 474 g/mol. The lowest BCUT2D eigenvalue weighted by Gasteiger charge is -2.10. The Bertz CT molecular complexity index is 1220. The van der Waals surface area contributed by atoms with Crippen LogP contribution in [-0.4, -0.2) is 10.9 Å². The van der Waals surface area contributed by atoms with Crippen molar-refractivity contribution in [3.05, 3.63) is 80.2 Å². The highest BCUT2D eigenvalue weighted by molar-refractivity contribution is 9.10. The van der Waals surface area contributed by atoms with Crippen LogP contribution < -0.4 is 5.32 Å². The molecule has 0 bridgehead atoms. The molecule has 0 unspecified atom stereocenters. The van der Waals surface area contributed by atoms with Gasteiger partial charge in [-0.15, -0.1) is 0 Å². The Morgan fingerprint density at radius 3 is 2.64 bits per heavy atom. The molecule has 3 aromatic carbocycles. The van der Waals surface area contributed by atoms with E-state index in [-0.39, 0.29) is 5.91 Å². The third-order valence-corrected chi connectivity index (χ3v) is 5.33. The fourth-order valence-electron chi connectivity index (χ4n) is 2.77. The standard InChI is InChI=1S/C21H13BrCl2N2O2/c1-11-2-7-17-19(8-11)28-21(26-17)12-3-5-16(24)18(9-12)25-20(27)14-10-13(22)4-6-15(14)23/h2-10H,1H3,(H,25,27). The van der Waals surface area contributed by atoms with Crippen molar-refractivity contribution in [2.24, 2.45) is 0 Å². The third-order valence-electron chi connectivity index (χ3n) is 4.18. The van der Waals surface area contributed by atoms with Gasteiger partial charge in [-0.25, -0.2) is 4.98 Å². The van der Waals surface area contributed by atoms with Gasteiger partial charge in [0.25, 0.3) is 5.91 Å². The minimum absolute atomic E-state index is 0.342. The minimum Gasteiger partial charge on any atom is -0.436 e. The Labute approximate surface area is 179 Å². The van der Waals surface area contributed by atoms with Gasteiger partial charge in [0.05, 0.1) is 21.3 Å². The van der Waals surface area contributed by atoms with Gasteiger partial charge in [0.1, 0.15) is 5.52 Å². The van der Waals surface area contributed by atoms with Gasteiger partial charge in [-0.05, 0) is 61.0 Å². The highest BCUT2D eigenvalue weighted by Gasteiger charge is 2.15. The highest BCUT2D eigenvalue weighted by atomic mass is 79.9. The molecule has 0 aliphatic carbocycles. The molecular weight excluding hydrogens is 463 g/mol. The lowest BCUT2D eigenvalue weighted by Crippen LogP contribution is -2.13. The van der Waals surface area contributed by atoms with Crippen LogP contribution in [0.4, 0.5) is 5.69 Å². The van der Waals surface area contributed by atoms with Crippen molar-refractivity contribution in [2.45, 2.75) is 6.92 Å². The quantitative estimate of drug-likeness (QED) is 0.343. The van der Waals surface area contributed by atoms with Gasteiger partial charge in [0, 0.05) is 10.0 Å². The molecule has 0 fully saturated rings. The molecule has 1 heterocycles. The Morgan fingerprint density at radius 2 is 1.82 bits per heavy atom. The third kappa shape index (κ3) is 3.78. The van der Waals surface area contributed by atoms with Gasteiger partial charge in [-0.1, -0.05) is 45.2 Å². The van der Waals surface area contributed by atoms with E-state index in [1.165, 1.54) is 0 Å². The molecule has 0 spiro atoms. The Kier molecular flexibility index (Phi) is 5.15. The van der Waals surface area contributed by atoms with Crippen molar-refractivity contribution in [1.82, 2.24) is 4.98 Å². The molecular formula is C21H13BrCl2N2O2. The van der Waals surface area contributed by atoms with Crippen molar-refractivity contribution in [1.29, 1.82) is 0 Å². The number of carbonyl (C=O) groups is 1. The minimum atomic E-state index is -0.362. The van der Waals surface area contributed by atoms with Crippen LogP contribution in [0.25, 0.3) is 22.6 Å². The smallest absolute Gasteiger partial charge is 0.257 e. The number of nitrogens with one attached hydrogen (secondary N) is 1. The van der Waals surface area contributed by atoms with E-state index in [1.54, 1.807) is 36.4 Å². The van der Waals surface area contributed by atoms with Crippen LogP contribution in [0.3, 0.4) is 0 Å². The van der Waals surface area contributed by atoms with Crippen LogP contribution >= 0.6 is 39.1 Å². The van der Waals surface area contributed by atoms with Gasteiger partial charge < -0.3 is 9.73 Å². The molecule has 0 aliphatic rings. The summed E-state index contributed by atoms with van der Waals surface area (Å²) in [5.74, 6) is 0.0896. The molecule has 0 radical (unpaired) electrons. The predicted molar refractivity (Wildman–Crippen MR) is 116 cm³/mol. The maximum atomic E-state index is 12.7. The van der Waals surface area contributed by atoms with Crippen molar-refractivity contribution < 1.29 is 9.21 Å². The first kappa shape index (κ1) is 19.0. The number of hydrogen-bond donors (Lipinski definition) is 1. The molecule has 140 valence electrons. The van der Waals surface area contributed by atoms with Crippen molar-refractivity contribution in [3.63, 3.8) is 0 Å². The number of halogens is 3. The van der Waals surface area contributed by atoms with Crippen molar-refractivity contribution >= 4 is 61.8 Å². The molecule has 0 atom stereocenters. The number of oxazole rings is 1. The van der Waals surface area contributed by atoms with Gasteiger partial charge in [0.15, 0.2) is 5.58 Å². The lowest BCUT2D eigenvalue weighted by molar-refractivity contribution is 0.102. The number of carbonyl (C=O) groups excluding carboxylic acids is 1. The normalized spacial score (nSPS) is 11.0. The second-order valence-electron chi connectivity index (χ2n) is 6.26. The molecule has 28 heavy (non-hydrogen) atoms. The number of benzene rings is 3. The van der Waals surface area contributed by atoms with Crippen molar-refractivity contribution in [2.75, 3.05) is 5.32 Å². The van der Waals surface area contributed by atoms with Gasteiger partial charge >= 0.3 is 0 Å². The van der Waals surface area contributed by atoms with Crippen LogP contribution in [0.5, 0.6) is 0 Å². The Balaban J connectivity index is 1.68. The van der Waals surface area contributed by atoms with Crippen LogP contribution in [0.15, 0.2) is 63.5 Å². The first-order valence-electron chi connectivity index (χ1n) is 8.34. The van der Waals surface area contributed by atoms with Gasteiger partial charge in [-0.2, -0.15) is 0 Å². The lowest BCUT2D eigenvalue weighted by atomic mass is 10.1. The van der Waals surface area contributed by atoms with Gasteiger partial charge in [0.2, 0.25) is 5.89 Å². The second kappa shape index (κ2) is 7.59. The molecule has 0 saturated heterocycles. The van der Waals surface area contributed by atoms with Crippen LogP contribution in [0.2, 0.25) is 10.0 Å². The van der Waals surface area contributed by atoms with E-state index in [4.69, 9.17) is 27.6 Å². The SMILES string of the molecule is Cc1ccc2nc(-c3ccc(Cl)c(NC(=O)c4cc(Br)ccc4Cl)c3)oc2c1. The zero-order valence-electron chi connectivity index (χ0n) is 14.6. The largest absolute Gasteiger partial charge is 0.436 e. The number of amides is 1. The van der Waals surface area contributed by atoms with E-state index < -0.39 is 0 Å². The van der Waals surface area contributed by atoms with E-state index in [0.29, 0.717) is 38.3 Å². The Morgan fingerprint density at radius 1 is 1.04 bits per heavy atom. The summed E-state index contributed by atoms with van der Waals surface area (Å²) in [6.07, 6.45) is 0. The molecule has 4 aromatic rings. The molecule has 4 nitrogen and oxygen atoms in total. The summed E-state index contributed by atoms with van der Waals surface area (Å²) in [7, 11) is 0. The number of rotatable bonds is 3. The predicted octanol–water partition coefficient (Wildman–Crippen LogP) is 7.12. The summed E-state index contributed by atoms with van der Waals surface area (Å²) in [6.45, 7) is 1.99. The number of fused-ring (bicyclic) bond motifs is 1. The fraction of sp³-hybridized carbons (Fsp3) is 0.0476. The first-order valence-corrected chi connectivity index (χ1v) is 9.89. The molecule has 1 N–H and O–H groups in total. The number of aryl methyl sites for hydroxylation is 1. The Hall–Kier alpha value is -2.34. The number of hydrogen-bond acceptors (Lipinski definition) is 3. The summed E-state index contributed by atoms with van der Waals surface area (Å²) in [5, 5.41) is 3.55. The van der Waals surface area contributed by atoms with Crippen LogP contribution in [0.1, 0.15) is 15.9 Å². The zero-order chi connectivity index (χ0) is 19.8. The van der Waals surface area contributed by atoms with Crippen LogP contribution in [-0.2, 0) is 0 Å². The van der Waals surface area contributed by atoms with Crippen LogP contribution in [0, 0.1) is 6.92 Å². The average molecular weight is 476 g/mol. The molecule has 1 amide bonds. The zero-order valence-corrected chi connectivity index (χ0v) is 17.7. The van der Waals surface area contributed by atoms with E-state index >= 15 is 0 Å². The number of nitrogens with zero attached hydrogens (tertiary/aromatic N) is 1. The molecule has 4 rings (SSSR count). The van der Waals surface area contributed by atoms with Crippen molar-refractivity contribution in [3.8, 4) is 11.5 Å². The summed E-state index contributed by atoms with van der Waals surface area (Å²) in [4.78, 5) is 17.2. The second-order valence-corrected chi connectivity index (χ2v) is 7.99. The number of anilines is 1. The highest BCUT2D eigenvalue weighted by Crippen LogP contribution is 2.31. The fourth-order valence-corrected chi connectivity index (χ4v) is 3.50. The van der Waals surface area contributed by atoms with E-state index in [9.17, 15) is 4.79 Å². The average Bonchev–Trinajstić information content (AvgIpc) is 3.08. The molecule has 1 aromatic heterocycles. The maximum Gasteiger partial charge on any atom is 0.257 e. The van der Waals surface area contributed by atoms with E-state index in [0.717, 1.165) is 15.6 Å². The topological polar surface area (TPSA) is 55.1 Å². The van der Waals surface area contributed by atoms with E-state index in [1.807, 2.05) is 25.1 Å².